The van der Waals surface area contributed by atoms with Gasteiger partial charge < -0.3 is 14.8 Å². The number of hydrogen-bond donors (Lipinski definition) is 1. The average molecular weight is 685 g/mol. The summed E-state index contributed by atoms with van der Waals surface area (Å²) in [5.41, 5.74) is 1.50. The molecular weight excluding hydrogens is 653 g/mol. The Hall–Kier alpha value is -4.32. The van der Waals surface area contributed by atoms with E-state index in [2.05, 4.69) is 5.32 Å². The minimum Gasteiger partial charge on any atom is -0.448 e. The summed E-state index contributed by atoms with van der Waals surface area (Å²) < 4.78 is 13.3. The number of nitrogens with one attached hydrogen (secondary N) is 1. The molecule has 2 amide bonds. The van der Waals surface area contributed by atoms with Crippen LogP contribution in [-0.2, 0) is 19.1 Å². The van der Waals surface area contributed by atoms with Gasteiger partial charge in [-0.15, -0.1) is 23.1 Å². The summed E-state index contributed by atoms with van der Waals surface area (Å²) in [4.78, 5) is 54.4. The molecule has 1 fully saturated rings. The molecule has 0 spiro atoms. The van der Waals surface area contributed by atoms with Gasteiger partial charge in [-0.05, 0) is 61.1 Å². The van der Waals surface area contributed by atoms with Gasteiger partial charge in [-0.25, -0.2) is 9.59 Å². The number of rotatable bonds is 8. The third kappa shape index (κ3) is 7.32. The predicted octanol–water partition coefficient (Wildman–Crippen LogP) is 7.26. The van der Waals surface area contributed by atoms with Crippen LogP contribution >= 0.6 is 34.9 Å². The first-order valence-electron chi connectivity index (χ1n) is 14.9. The lowest BCUT2D eigenvalue weighted by Gasteiger charge is -2.49. The number of amides is 2. The fourth-order valence-corrected chi connectivity index (χ4v) is 8.56. The molecule has 0 radical (unpaired) electrons. The number of β-lactam (4-membered cyclic amide) rings is 1. The van der Waals surface area contributed by atoms with Crippen LogP contribution in [0.1, 0.15) is 38.0 Å². The molecule has 11 heteroatoms. The molecule has 0 unspecified atom stereocenters. The number of fused-ring (bicyclic) bond motifs is 2. The summed E-state index contributed by atoms with van der Waals surface area (Å²) in [5.74, 6) is -0.697. The van der Waals surface area contributed by atoms with Gasteiger partial charge in [-0.1, -0.05) is 84.6 Å². The topological polar surface area (TPSA) is 102 Å². The molecule has 3 aromatic carbocycles. The summed E-state index contributed by atoms with van der Waals surface area (Å²) in [5, 5.41) is 4.65. The summed E-state index contributed by atoms with van der Waals surface area (Å²) in [7, 11) is 0. The number of thioether (sulfide) groups is 2. The molecule has 6 rings (SSSR count). The van der Waals surface area contributed by atoms with E-state index in [-0.39, 0.29) is 11.1 Å². The molecule has 1 N–H and O–H groups in total. The minimum atomic E-state index is -0.855. The van der Waals surface area contributed by atoms with E-state index in [1.807, 2.05) is 90.3 Å². The van der Waals surface area contributed by atoms with Crippen molar-refractivity contribution in [1.29, 1.82) is 0 Å². The number of hydrogen-bond acceptors (Lipinski definition) is 9. The van der Waals surface area contributed by atoms with Crippen LogP contribution in [-0.4, -0.2) is 45.6 Å². The first-order valence-corrected chi connectivity index (χ1v) is 17.7. The van der Waals surface area contributed by atoms with Gasteiger partial charge in [0.2, 0.25) is 0 Å². The van der Waals surface area contributed by atoms with E-state index in [1.54, 1.807) is 32.9 Å². The van der Waals surface area contributed by atoms with Crippen LogP contribution in [0.4, 0.5) is 4.79 Å². The van der Waals surface area contributed by atoms with Gasteiger partial charge in [0.15, 0.2) is 11.5 Å². The highest BCUT2D eigenvalue weighted by molar-refractivity contribution is 8.04. The maximum atomic E-state index is 14.2. The molecule has 4 aromatic rings. The molecule has 3 heterocycles. The fraction of sp³-hybridized carbons (Fsp3) is 0.222. The third-order valence-electron chi connectivity index (χ3n) is 7.36. The van der Waals surface area contributed by atoms with E-state index >= 15 is 0 Å². The van der Waals surface area contributed by atoms with Crippen molar-refractivity contribution in [3.63, 3.8) is 0 Å². The second-order valence-electron chi connectivity index (χ2n) is 11.9. The van der Waals surface area contributed by atoms with Crippen molar-refractivity contribution in [1.82, 2.24) is 10.2 Å². The van der Waals surface area contributed by atoms with Crippen LogP contribution in [0.2, 0.25) is 0 Å². The number of carbonyl (C=O) groups excluding carboxylic acids is 3. The normalized spacial score (nSPS) is 17.9. The molecule has 2 atom stereocenters. The molecule has 1 aromatic heterocycles. The highest BCUT2D eigenvalue weighted by Gasteiger charge is 2.54. The second kappa shape index (κ2) is 13.8. The molecule has 0 saturated carbocycles. The Kier molecular flexibility index (Phi) is 9.58. The van der Waals surface area contributed by atoms with Crippen molar-refractivity contribution in [2.24, 2.45) is 0 Å². The lowest BCUT2D eigenvalue weighted by molar-refractivity contribution is -0.153. The van der Waals surface area contributed by atoms with Gasteiger partial charge in [0.05, 0.1) is 4.21 Å². The zero-order valence-electron chi connectivity index (χ0n) is 25.9. The Balaban J connectivity index is 1.31. The van der Waals surface area contributed by atoms with Gasteiger partial charge in [-0.3, -0.25) is 14.5 Å². The van der Waals surface area contributed by atoms with Crippen molar-refractivity contribution in [2.45, 2.75) is 48.1 Å². The molecule has 2 aliphatic heterocycles. The number of allylic oxidation sites excluding steroid dienone is 1. The van der Waals surface area contributed by atoms with Gasteiger partial charge >= 0.3 is 12.1 Å². The Bertz CT molecular complexity index is 1900. The summed E-state index contributed by atoms with van der Waals surface area (Å²) in [6.07, 6.45) is 0.375. The monoisotopic (exact) mass is 684 g/mol. The van der Waals surface area contributed by atoms with Crippen molar-refractivity contribution in [3.8, 4) is 0 Å². The van der Waals surface area contributed by atoms with E-state index < -0.39 is 41.1 Å². The Morgan fingerprint density at radius 2 is 1.60 bits per heavy atom. The molecule has 240 valence electrons. The Labute approximate surface area is 284 Å². The number of esters is 1. The molecular formula is C36H32N2O6S3. The summed E-state index contributed by atoms with van der Waals surface area (Å²) in [6.45, 7) is 5.24. The van der Waals surface area contributed by atoms with E-state index in [0.717, 1.165) is 20.0 Å². The van der Waals surface area contributed by atoms with Gasteiger partial charge in [0, 0.05) is 21.9 Å². The van der Waals surface area contributed by atoms with Crippen molar-refractivity contribution < 1.29 is 23.9 Å². The molecule has 8 nitrogen and oxygen atoms in total. The minimum absolute atomic E-state index is 0.0580. The van der Waals surface area contributed by atoms with Crippen LogP contribution in [0.5, 0.6) is 0 Å². The molecule has 0 bridgehead atoms. The first kappa shape index (κ1) is 32.6. The maximum Gasteiger partial charge on any atom is 0.408 e. The predicted molar refractivity (Wildman–Crippen MR) is 187 cm³/mol. The lowest BCUT2D eigenvalue weighted by atomic mass is 10.0. The third-order valence-corrected chi connectivity index (χ3v) is 10.7. The zero-order chi connectivity index (χ0) is 33.1. The summed E-state index contributed by atoms with van der Waals surface area (Å²) >= 11 is 4.31. The SMILES string of the molecule is CC(C)(C)OC(=O)N[C@@H]1C(=O)N2C(C(=O)OC(c3ccccc3)c3ccccc3)=C(C=CSc3cc(=O)c4ccccc4s3)CS[C@H]12. The first-order chi connectivity index (χ1) is 22.6. The molecule has 0 aliphatic carbocycles. The van der Waals surface area contributed by atoms with E-state index in [4.69, 9.17) is 9.47 Å². The van der Waals surface area contributed by atoms with Crippen LogP contribution < -0.4 is 10.7 Å². The van der Waals surface area contributed by atoms with Crippen LogP contribution in [0.25, 0.3) is 10.1 Å². The van der Waals surface area contributed by atoms with Crippen LogP contribution in [0.15, 0.2) is 123 Å². The lowest BCUT2D eigenvalue weighted by Crippen LogP contribution is -2.70. The Morgan fingerprint density at radius 1 is 0.957 bits per heavy atom. The zero-order valence-corrected chi connectivity index (χ0v) is 28.3. The van der Waals surface area contributed by atoms with Crippen molar-refractivity contribution in [2.75, 3.05) is 5.75 Å². The Morgan fingerprint density at radius 3 is 2.26 bits per heavy atom. The largest absolute Gasteiger partial charge is 0.448 e. The smallest absolute Gasteiger partial charge is 0.408 e. The number of nitrogens with zero attached hydrogens (tertiary/aromatic N) is 1. The van der Waals surface area contributed by atoms with Gasteiger partial charge in [0.1, 0.15) is 22.7 Å². The van der Waals surface area contributed by atoms with Crippen LogP contribution in [0.3, 0.4) is 0 Å². The molecule has 47 heavy (non-hydrogen) atoms. The highest BCUT2D eigenvalue weighted by Crippen LogP contribution is 2.42. The highest BCUT2D eigenvalue weighted by atomic mass is 32.2. The standard InChI is InChI=1S/C36H32N2O6S3/c1-36(2,3)44-35(42)37-29-32(40)38-30(34(41)43-31(22-12-6-4-7-13-22)23-14-8-5-9-15-23)24(21-46-33(29)38)18-19-45-28-20-26(39)25-16-10-11-17-27(25)47-28/h4-20,29,31,33H,21H2,1-3H3,(H,37,42)/t29-,33-/m1/s1. The van der Waals surface area contributed by atoms with Crippen molar-refractivity contribution in [3.05, 3.63) is 135 Å². The quantitative estimate of drug-likeness (QED) is 0.118. The van der Waals surface area contributed by atoms with Gasteiger partial charge in [0.25, 0.3) is 5.91 Å². The number of carbonyl (C=O) groups is 3. The van der Waals surface area contributed by atoms with E-state index in [9.17, 15) is 19.2 Å². The maximum absolute atomic E-state index is 14.2. The number of alkyl carbamates (subject to hydrolysis) is 1. The second-order valence-corrected chi connectivity index (χ2v) is 15.3. The van der Waals surface area contributed by atoms with Crippen molar-refractivity contribution >= 4 is 62.9 Å². The molecule has 1 saturated heterocycles. The summed E-state index contributed by atoms with van der Waals surface area (Å²) in [6, 6.07) is 27.1. The van der Waals surface area contributed by atoms with Crippen LogP contribution in [0, 0.1) is 0 Å². The average Bonchev–Trinajstić information content (AvgIpc) is 3.05. The van der Waals surface area contributed by atoms with E-state index in [0.29, 0.717) is 16.7 Å². The van der Waals surface area contributed by atoms with Gasteiger partial charge in [-0.2, -0.15) is 0 Å². The fourth-order valence-electron chi connectivity index (χ4n) is 5.26. The number of ether oxygens (including phenoxy) is 2. The number of benzene rings is 3. The molecule has 2 aliphatic rings. The van der Waals surface area contributed by atoms with E-state index in [1.165, 1.54) is 39.8 Å².